The van der Waals surface area contributed by atoms with Crippen LogP contribution in [0.15, 0.2) is 60.9 Å². The van der Waals surface area contributed by atoms with Crippen LogP contribution < -0.4 is 5.32 Å². The van der Waals surface area contributed by atoms with E-state index < -0.39 is 23.4 Å². The summed E-state index contributed by atoms with van der Waals surface area (Å²) in [5.41, 5.74) is 0.887. The van der Waals surface area contributed by atoms with Crippen LogP contribution in [0.1, 0.15) is 96.5 Å². The lowest BCUT2D eigenvalue weighted by Crippen LogP contribution is -2.49. The number of pyridine rings is 1. The van der Waals surface area contributed by atoms with E-state index in [1.54, 1.807) is 18.5 Å². The number of benzene rings is 1. The molecule has 2 aromatic rings. The molecule has 0 saturated heterocycles. The predicted molar refractivity (Wildman–Crippen MR) is 163 cm³/mol. The van der Waals surface area contributed by atoms with Crippen LogP contribution in [0.3, 0.4) is 0 Å². The van der Waals surface area contributed by atoms with Gasteiger partial charge >= 0.3 is 5.97 Å². The van der Waals surface area contributed by atoms with Crippen molar-refractivity contribution in [1.29, 1.82) is 0 Å². The van der Waals surface area contributed by atoms with Crippen molar-refractivity contribution in [3.63, 3.8) is 0 Å². The Balaban J connectivity index is 1.73. The van der Waals surface area contributed by atoms with Gasteiger partial charge in [0.05, 0.1) is 5.92 Å². The highest BCUT2D eigenvalue weighted by atomic mass is 16.4. The molecule has 1 aromatic carbocycles. The van der Waals surface area contributed by atoms with Gasteiger partial charge in [0.15, 0.2) is 5.60 Å². The highest BCUT2D eigenvalue weighted by Gasteiger charge is 2.42. The summed E-state index contributed by atoms with van der Waals surface area (Å²) in [5, 5.41) is 22.9. The molecule has 7 nitrogen and oxygen atoms in total. The molecule has 1 amide bonds. The zero-order chi connectivity index (χ0) is 29.9. The fourth-order valence-corrected chi connectivity index (χ4v) is 4.72. The topological polar surface area (TPSA) is 117 Å². The van der Waals surface area contributed by atoms with Crippen molar-refractivity contribution in [1.82, 2.24) is 10.3 Å². The smallest absolute Gasteiger partial charge is 0.336 e. The number of unbranched alkanes of at least 4 members (excludes halogenated alkanes) is 8. The molecule has 0 aliphatic heterocycles. The number of carbonyl (C=O) groups excluding carboxylic acids is 2. The van der Waals surface area contributed by atoms with Gasteiger partial charge in [-0.3, -0.25) is 14.6 Å². The monoisotopic (exact) mass is 564 g/mol. The molecule has 41 heavy (non-hydrogen) atoms. The van der Waals surface area contributed by atoms with E-state index in [1.807, 2.05) is 36.4 Å². The Morgan fingerprint density at radius 2 is 1.59 bits per heavy atom. The van der Waals surface area contributed by atoms with Gasteiger partial charge in [0, 0.05) is 31.8 Å². The molecular weight excluding hydrogens is 516 g/mol. The summed E-state index contributed by atoms with van der Waals surface area (Å²) in [7, 11) is 0. The molecule has 0 aliphatic carbocycles. The van der Waals surface area contributed by atoms with Crippen molar-refractivity contribution in [2.75, 3.05) is 6.54 Å². The normalized spacial score (nSPS) is 13.5. The summed E-state index contributed by atoms with van der Waals surface area (Å²) in [6.07, 6.45) is 18.9. The lowest BCUT2D eigenvalue weighted by atomic mass is 9.87. The summed E-state index contributed by atoms with van der Waals surface area (Å²) in [6.45, 7) is 3.66. The van der Waals surface area contributed by atoms with Gasteiger partial charge < -0.3 is 15.5 Å². The molecule has 0 spiro atoms. The molecule has 2 atom stereocenters. The number of rotatable bonds is 21. The number of hydrogen-bond acceptors (Lipinski definition) is 5. The van der Waals surface area contributed by atoms with Crippen LogP contribution >= 0.6 is 0 Å². The molecule has 0 unspecified atom stereocenters. The van der Waals surface area contributed by atoms with Crippen LogP contribution in [0.25, 0.3) is 11.1 Å². The predicted octanol–water partition coefficient (Wildman–Crippen LogP) is 6.69. The first-order valence-electron chi connectivity index (χ1n) is 15.2. The van der Waals surface area contributed by atoms with Gasteiger partial charge in [-0.05, 0) is 61.8 Å². The number of aliphatic carboxylic acids is 1. The van der Waals surface area contributed by atoms with E-state index in [0.717, 1.165) is 62.1 Å². The van der Waals surface area contributed by atoms with Crippen molar-refractivity contribution in [3.8, 4) is 11.1 Å². The van der Waals surface area contributed by atoms with Crippen LogP contribution in [-0.4, -0.2) is 45.0 Å². The number of hydrogen-bond donors (Lipinski definition) is 3. The van der Waals surface area contributed by atoms with Crippen LogP contribution in [-0.2, 0) is 20.8 Å². The minimum atomic E-state index is -2.22. The first-order chi connectivity index (χ1) is 19.8. The second-order valence-corrected chi connectivity index (χ2v) is 11.0. The summed E-state index contributed by atoms with van der Waals surface area (Å²) in [5.74, 6) is -2.81. The van der Waals surface area contributed by atoms with Gasteiger partial charge in [0.25, 0.3) is 0 Å². The number of nitrogens with zero attached hydrogens (tertiary/aromatic N) is 1. The maximum Gasteiger partial charge on any atom is 0.336 e. The van der Waals surface area contributed by atoms with Gasteiger partial charge in [-0.2, -0.15) is 0 Å². The van der Waals surface area contributed by atoms with E-state index in [1.165, 1.54) is 25.3 Å². The van der Waals surface area contributed by atoms with E-state index in [0.29, 0.717) is 38.0 Å². The van der Waals surface area contributed by atoms with E-state index in [2.05, 4.69) is 17.2 Å². The van der Waals surface area contributed by atoms with Crippen molar-refractivity contribution < 1.29 is 24.6 Å². The van der Waals surface area contributed by atoms with Crippen LogP contribution in [0.5, 0.6) is 0 Å². The third-order valence-electron chi connectivity index (χ3n) is 7.45. The van der Waals surface area contributed by atoms with Crippen molar-refractivity contribution in [3.05, 3.63) is 66.5 Å². The molecule has 0 saturated carbocycles. The SMILES string of the molecule is CCCCCCCC(=O)CCCCCCC=C[C@H](C(=O)NCCc1ccc(-c2cccnc2)cc1)[C@](C)(O)C(=O)O. The molecule has 0 fully saturated rings. The average Bonchev–Trinajstić information content (AvgIpc) is 2.96. The number of allylic oxidation sites excluding steroid dienone is 1. The summed E-state index contributed by atoms with van der Waals surface area (Å²) in [4.78, 5) is 40.7. The summed E-state index contributed by atoms with van der Waals surface area (Å²) >= 11 is 0. The van der Waals surface area contributed by atoms with Crippen molar-refractivity contribution >= 4 is 17.7 Å². The maximum absolute atomic E-state index is 12.9. The lowest BCUT2D eigenvalue weighted by Gasteiger charge is -2.25. The lowest BCUT2D eigenvalue weighted by molar-refractivity contribution is -0.163. The summed E-state index contributed by atoms with van der Waals surface area (Å²) < 4.78 is 0. The average molecular weight is 565 g/mol. The minimum Gasteiger partial charge on any atom is -0.479 e. The number of carboxylic acids is 1. The largest absolute Gasteiger partial charge is 0.479 e. The number of carboxylic acid groups (broad SMARTS) is 1. The molecule has 7 heteroatoms. The number of aliphatic hydroxyl groups is 1. The summed E-state index contributed by atoms with van der Waals surface area (Å²) in [6, 6.07) is 11.9. The van der Waals surface area contributed by atoms with Gasteiger partial charge in [0.1, 0.15) is 5.78 Å². The molecule has 0 bridgehead atoms. The highest BCUT2D eigenvalue weighted by molar-refractivity contribution is 5.90. The Bertz CT molecular complexity index is 1080. The Kier molecular flexibility index (Phi) is 15.6. The number of amides is 1. The Morgan fingerprint density at radius 1 is 0.927 bits per heavy atom. The second kappa shape index (κ2) is 18.9. The van der Waals surface area contributed by atoms with Crippen LogP contribution in [0, 0.1) is 5.92 Å². The van der Waals surface area contributed by atoms with Gasteiger partial charge in [-0.1, -0.05) is 87.9 Å². The van der Waals surface area contributed by atoms with E-state index in [9.17, 15) is 24.6 Å². The van der Waals surface area contributed by atoms with Crippen LogP contribution in [0.4, 0.5) is 0 Å². The molecular formula is C34H48N2O5. The van der Waals surface area contributed by atoms with Crippen molar-refractivity contribution in [2.45, 2.75) is 103 Å². The number of nitrogens with one attached hydrogen (secondary N) is 1. The molecule has 0 radical (unpaired) electrons. The fraction of sp³-hybridized carbons (Fsp3) is 0.529. The molecule has 2 rings (SSSR count). The zero-order valence-corrected chi connectivity index (χ0v) is 24.8. The standard InChI is InChI=1S/C34H48N2O5/c1-3-4-5-8-11-16-30(37)17-12-9-6-7-10-13-18-31(34(2,41)33(39)40)32(38)36-25-23-27-19-21-28(22-20-27)29-15-14-24-35-26-29/h13-15,18-22,24,26,31,41H,3-12,16-17,23,25H2,1-2H3,(H,36,38)(H,39,40)/t31-,34+/m1/s1. The third kappa shape index (κ3) is 12.8. The van der Waals surface area contributed by atoms with Crippen LogP contribution in [0.2, 0.25) is 0 Å². The Labute approximate surface area is 245 Å². The van der Waals surface area contributed by atoms with E-state index in [-0.39, 0.29) is 0 Å². The quantitative estimate of drug-likeness (QED) is 0.115. The van der Waals surface area contributed by atoms with E-state index >= 15 is 0 Å². The number of carbonyl (C=O) groups is 3. The first kappa shape index (κ1) is 33.9. The molecule has 224 valence electrons. The third-order valence-corrected chi connectivity index (χ3v) is 7.45. The minimum absolute atomic E-state index is 0.322. The fourth-order valence-electron chi connectivity index (χ4n) is 4.72. The highest BCUT2D eigenvalue weighted by Crippen LogP contribution is 2.21. The Morgan fingerprint density at radius 3 is 2.20 bits per heavy atom. The first-order valence-corrected chi connectivity index (χ1v) is 15.2. The van der Waals surface area contributed by atoms with Gasteiger partial charge in [0.2, 0.25) is 5.91 Å². The molecule has 1 aromatic heterocycles. The second-order valence-electron chi connectivity index (χ2n) is 11.0. The zero-order valence-electron chi connectivity index (χ0n) is 24.8. The maximum atomic E-state index is 12.9. The number of Topliss-reactive ketones (excluding diaryl/α,β-unsaturated/α-hetero) is 1. The number of ketones is 1. The Hall–Kier alpha value is -3.32. The van der Waals surface area contributed by atoms with Gasteiger partial charge in [-0.15, -0.1) is 0 Å². The van der Waals surface area contributed by atoms with E-state index in [4.69, 9.17) is 0 Å². The molecule has 1 heterocycles. The molecule has 3 N–H and O–H groups in total. The van der Waals surface area contributed by atoms with Gasteiger partial charge in [-0.25, -0.2) is 4.79 Å². The van der Waals surface area contributed by atoms with Crippen molar-refractivity contribution in [2.24, 2.45) is 5.92 Å². The molecule has 0 aliphatic rings. The number of aromatic nitrogens is 1.